The summed E-state index contributed by atoms with van der Waals surface area (Å²) in [5.41, 5.74) is 17.3. The first kappa shape index (κ1) is 39.6. The van der Waals surface area contributed by atoms with Crippen molar-refractivity contribution in [2.24, 2.45) is 0 Å². The molecule has 314 valence electrons. The highest BCUT2D eigenvalue weighted by Crippen LogP contribution is 2.47. The summed E-state index contributed by atoms with van der Waals surface area (Å²) in [7, 11) is 0. The van der Waals surface area contributed by atoms with Gasteiger partial charge in [-0.25, -0.2) is 15.0 Å². The van der Waals surface area contributed by atoms with Gasteiger partial charge in [-0.2, -0.15) is 0 Å². The molecule has 10 aromatic carbocycles. The second-order valence-corrected chi connectivity index (χ2v) is 16.8. The minimum absolute atomic E-state index is 0.598. The van der Waals surface area contributed by atoms with Gasteiger partial charge in [0.2, 0.25) is 0 Å². The minimum atomic E-state index is 0.598. The van der Waals surface area contributed by atoms with E-state index in [4.69, 9.17) is 15.0 Å². The Hall–Kier alpha value is -8.99. The summed E-state index contributed by atoms with van der Waals surface area (Å²) in [5, 5.41) is 2.35. The first-order valence-corrected chi connectivity index (χ1v) is 22.7. The van der Waals surface area contributed by atoms with Crippen LogP contribution in [0.1, 0.15) is 0 Å². The molecule has 0 unspecified atom stereocenters. The average Bonchev–Trinajstić information content (AvgIpc) is 3.75. The molecule has 0 saturated heterocycles. The normalized spacial score (nSPS) is 11.3. The molecule has 0 fully saturated rings. The highest BCUT2D eigenvalue weighted by atomic mass is 15.0. The van der Waals surface area contributed by atoms with Gasteiger partial charge in [-0.05, 0) is 75.3 Å². The maximum absolute atomic E-state index is 5.26. The van der Waals surface area contributed by atoms with Crippen LogP contribution >= 0.6 is 0 Å². The number of hydrogen-bond acceptors (Lipinski definition) is 3. The van der Waals surface area contributed by atoms with Crippen molar-refractivity contribution < 1.29 is 0 Å². The maximum Gasteiger partial charge on any atom is 0.164 e. The molecular weight excluding hydrogens is 813 g/mol. The molecule has 0 atom stereocenters. The van der Waals surface area contributed by atoms with E-state index in [0.717, 1.165) is 72.4 Å². The van der Waals surface area contributed by atoms with Gasteiger partial charge in [-0.3, -0.25) is 0 Å². The molecule has 12 aromatic rings. The van der Waals surface area contributed by atoms with E-state index in [2.05, 4.69) is 223 Å². The van der Waals surface area contributed by atoms with Crippen molar-refractivity contribution >= 4 is 21.8 Å². The molecule has 0 aliphatic heterocycles. The Bertz CT molecular complexity index is 3570. The SMILES string of the molecule is c1ccc(-c2ccc3c(c2)c2cc(-c4ccccc4)cc(-c4ccccc4)c2n3-c2c(-c3ccccc3)cc(-c3nc(-c4ccccc4)nc(-c4ccccc4)n3)cc2-c2ccccc2)cc1. The molecule has 4 heteroatoms. The van der Waals surface area contributed by atoms with Gasteiger partial charge in [0.05, 0.1) is 16.7 Å². The molecule has 0 bridgehead atoms. The number of fused-ring (bicyclic) bond motifs is 3. The standard InChI is InChI=1S/C63H42N4/c1-8-22-43(23-9-1)50-36-37-58-56(38-50)57-40-51(44-24-10-2-11-25-44)39-53(45-26-12-3-13-27-45)60(57)67(58)59-54(46-28-14-4-15-29-46)41-52(42-55(59)47-30-16-5-17-31-47)63-65-61(48-32-18-6-19-33-48)64-62(66-63)49-34-20-7-21-35-49/h1-42H. The van der Waals surface area contributed by atoms with Crippen molar-refractivity contribution in [1.29, 1.82) is 0 Å². The predicted octanol–water partition coefficient (Wildman–Crippen LogP) is 16.3. The van der Waals surface area contributed by atoms with Crippen LogP contribution in [0.3, 0.4) is 0 Å². The van der Waals surface area contributed by atoms with Gasteiger partial charge in [-0.15, -0.1) is 0 Å². The zero-order chi connectivity index (χ0) is 44.5. The fourth-order valence-corrected chi connectivity index (χ4v) is 9.44. The average molecular weight is 855 g/mol. The van der Waals surface area contributed by atoms with Crippen molar-refractivity contribution in [2.75, 3.05) is 0 Å². The lowest BCUT2D eigenvalue weighted by atomic mass is 9.92. The second kappa shape index (κ2) is 17.2. The minimum Gasteiger partial charge on any atom is -0.307 e. The van der Waals surface area contributed by atoms with Gasteiger partial charge in [0.15, 0.2) is 17.5 Å². The van der Waals surface area contributed by atoms with Crippen molar-refractivity contribution in [3.05, 3.63) is 255 Å². The highest BCUT2D eigenvalue weighted by Gasteiger charge is 2.26. The molecule has 4 nitrogen and oxygen atoms in total. The molecule has 0 saturated carbocycles. The zero-order valence-electron chi connectivity index (χ0n) is 36.5. The smallest absolute Gasteiger partial charge is 0.164 e. The van der Waals surface area contributed by atoms with E-state index in [9.17, 15) is 0 Å². The summed E-state index contributed by atoms with van der Waals surface area (Å²) in [5.74, 6) is 1.84. The van der Waals surface area contributed by atoms with Crippen LogP contribution in [0.2, 0.25) is 0 Å². The summed E-state index contributed by atoms with van der Waals surface area (Å²) in [4.78, 5) is 15.6. The van der Waals surface area contributed by atoms with Crippen molar-refractivity contribution in [3.8, 4) is 95.5 Å². The van der Waals surface area contributed by atoms with E-state index in [1.165, 1.54) is 27.5 Å². The Labute approximate surface area is 389 Å². The zero-order valence-corrected chi connectivity index (χ0v) is 36.5. The maximum atomic E-state index is 5.26. The van der Waals surface area contributed by atoms with Crippen LogP contribution in [0.5, 0.6) is 0 Å². The van der Waals surface area contributed by atoms with Crippen LogP contribution in [0.4, 0.5) is 0 Å². The van der Waals surface area contributed by atoms with E-state index in [0.29, 0.717) is 17.5 Å². The Kier molecular flexibility index (Phi) is 10.2. The number of benzene rings is 10. The van der Waals surface area contributed by atoms with Crippen molar-refractivity contribution in [3.63, 3.8) is 0 Å². The van der Waals surface area contributed by atoms with E-state index in [1.807, 2.05) is 36.4 Å². The fraction of sp³-hybridized carbons (Fsp3) is 0. The summed E-state index contributed by atoms with van der Waals surface area (Å²) >= 11 is 0. The summed E-state index contributed by atoms with van der Waals surface area (Å²) in [6.45, 7) is 0. The Morgan fingerprint density at radius 3 is 1.03 bits per heavy atom. The van der Waals surface area contributed by atoms with Crippen LogP contribution in [-0.4, -0.2) is 19.5 Å². The van der Waals surface area contributed by atoms with Crippen LogP contribution in [0.25, 0.3) is 117 Å². The number of aromatic nitrogens is 4. The third-order valence-corrected chi connectivity index (χ3v) is 12.6. The summed E-state index contributed by atoms with van der Waals surface area (Å²) < 4.78 is 2.53. The van der Waals surface area contributed by atoms with E-state index >= 15 is 0 Å². The Balaban J connectivity index is 1.23. The van der Waals surface area contributed by atoms with E-state index < -0.39 is 0 Å². The molecule has 2 aromatic heterocycles. The Morgan fingerprint density at radius 1 is 0.239 bits per heavy atom. The van der Waals surface area contributed by atoms with Crippen LogP contribution in [-0.2, 0) is 0 Å². The van der Waals surface area contributed by atoms with Crippen molar-refractivity contribution in [1.82, 2.24) is 19.5 Å². The van der Waals surface area contributed by atoms with Crippen molar-refractivity contribution in [2.45, 2.75) is 0 Å². The lowest BCUT2D eigenvalue weighted by molar-refractivity contribution is 1.07. The van der Waals surface area contributed by atoms with Crippen LogP contribution in [0.15, 0.2) is 255 Å². The number of hydrogen-bond donors (Lipinski definition) is 0. The van der Waals surface area contributed by atoms with Crippen LogP contribution < -0.4 is 0 Å². The van der Waals surface area contributed by atoms with E-state index in [-0.39, 0.29) is 0 Å². The van der Waals surface area contributed by atoms with E-state index in [1.54, 1.807) is 0 Å². The molecule has 2 heterocycles. The van der Waals surface area contributed by atoms with Gasteiger partial charge in [0.25, 0.3) is 0 Å². The second-order valence-electron chi connectivity index (χ2n) is 16.8. The third kappa shape index (κ3) is 7.47. The molecule has 0 aliphatic rings. The first-order chi connectivity index (χ1) is 33.2. The van der Waals surface area contributed by atoms with Crippen LogP contribution in [0, 0.1) is 0 Å². The van der Waals surface area contributed by atoms with Gasteiger partial charge in [-0.1, -0.05) is 218 Å². The largest absolute Gasteiger partial charge is 0.307 e. The summed E-state index contributed by atoms with van der Waals surface area (Å²) in [6, 6.07) is 90.4. The fourth-order valence-electron chi connectivity index (χ4n) is 9.44. The molecule has 0 N–H and O–H groups in total. The monoisotopic (exact) mass is 854 g/mol. The molecule has 0 spiro atoms. The molecule has 12 rings (SSSR count). The summed E-state index contributed by atoms with van der Waals surface area (Å²) in [6.07, 6.45) is 0. The highest BCUT2D eigenvalue weighted by molar-refractivity contribution is 6.17. The first-order valence-electron chi connectivity index (χ1n) is 22.7. The number of rotatable bonds is 9. The molecule has 67 heavy (non-hydrogen) atoms. The molecule has 0 radical (unpaired) electrons. The Morgan fingerprint density at radius 2 is 0.582 bits per heavy atom. The van der Waals surface area contributed by atoms with Gasteiger partial charge < -0.3 is 4.57 Å². The van der Waals surface area contributed by atoms with Gasteiger partial charge >= 0.3 is 0 Å². The predicted molar refractivity (Wildman–Crippen MR) is 278 cm³/mol. The molecule has 0 amide bonds. The van der Waals surface area contributed by atoms with Gasteiger partial charge in [0, 0.05) is 44.2 Å². The lowest BCUT2D eigenvalue weighted by Crippen LogP contribution is -2.04. The molecular formula is C63H42N4. The third-order valence-electron chi connectivity index (χ3n) is 12.6. The number of nitrogens with zero attached hydrogens (tertiary/aromatic N) is 4. The molecule has 0 aliphatic carbocycles. The van der Waals surface area contributed by atoms with Gasteiger partial charge in [0.1, 0.15) is 0 Å². The topological polar surface area (TPSA) is 43.6 Å². The lowest BCUT2D eigenvalue weighted by Gasteiger charge is -2.22. The quantitative estimate of drug-likeness (QED) is 0.145.